The Labute approximate surface area is 104 Å². The highest BCUT2D eigenvalue weighted by molar-refractivity contribution is 7.19. The second-order valence-corrected chi connectivity index (χ2v) is 5.30. The molecule has 0 amide bonds. The summed E-state index contributed by atoms with van der Waals surface area (Å²) in [4.78, 5) is 1.18. The number of rotatable bonds is 4. The summed E-state index contributed by atoms with van der Waals surface area (Å²) in [6.45, 7) is 0.950. The van der Waals surface area contributed by atoms with Gasteiger partial charge < -0.3 is 5.32 Å². The summed E-state index contributed by atoms with van der Waals surface area (Å²) in [5.74, 6) is 0. The van der Waals surface area contributed by atoms with Crippen LogP contribution in [0.2, 0.25) is 4.34 Å². The summed E-state index contributed by atoms with van der Waals surface area (Å²) in [7, 11) is 3.93. The van der Waals surface area contributed by atoms with E-state index >= 15 is 0 Å². The zero-order valence-corrected chi connectivity index (χ0v) is 10.9. The number of aryl methyl sites for hydroxylation is 1. The van der Waals surface area contributed by atoms with Crippen molar-refractivity contribution in [3.05, 3.63) is 28.4 Å². The first-order valence-electron chi connectivity index (χ1n) is 5.13. The third kappa shape index (κ3) is 2.29. The molecule has 0 aliphatic heterocycles. The van der Waals surface area contributed by atoms with Gasteiger partial charge in [-0.1, -0.05) is 11.6 Å². The van der Waals surface area contributed by atoms with Crippen molar-refractivity contribution in [2.75, 3.05) is 13.6 Å². The molecule has 0 saturated heterocycles. The molecule has 2 rings (SSSR count). The molecule has 0 atom stereocenters. The van der Waals surface area contributed by atoms with Crippen LogP contribution in [-0.2, 0) is 13.5 Å². The maximum atomic E-state index is 5.95. The van der Waals surface area contributed by atoms with Gasteiger partial charge in [-0.15, -0.1) is 11.3 Å². The first kappa shape index (κ1) is 11.6. The summed E-state index contributed by atoms with van der Waals surface area (Å²) < 4.78 is 2.75. The zero-order valence-electron chi connectivity index (χ0n) is 9.33. The van der Waals surface area contributed by atoms with E-state index in [1.54, 1.807) is 11.3 Å². The topological polar surface area (TPSA) is 29.9 Å². The van der Waals surface area contributed by atoms with Crippen LogP contribution in [0.3, 0.4) is 0 Å². The van der Waals surface area contributed by atoms with Crippen molar-refractivity contribution in [2.45, 2.75) is 6.42 Å². The molecule has 2 aromatic rings. The Morgan fingerprint density at radius 2 is 2.31 bits per heavy atom. The fraction of sp³-hybridized carbons (Fsp3) is 0.364. The maximum Gasteiger partial charge on any atom is 0.0934 e. The zero-order chi connectivity index (χ0) is 11.5. The Bertz CT molecular complexity index is 475. The van der Waals surface area contributed by atoms with Gasteiger partial charge in [0.1, 0.15) is 0 Å². The van der Waals surface area contributed by atoms with Crippen molar-refractivity contribution in [1.29, 1.82) is 0 Å². The number of nitrogens with zero attached hydrogens (tertiary/aromatic N) is 2. The van der Waals surface area contributed by atoms with Crippen molar-refractivity contribution < 1.29 is 0 Å². The van der Waals surface area contributed by atoms with Gasteiger partial charge in [0.2, 0.25) is 0 Å². The van der Waals surface area contributed by atoms with E-state index in [4.69, 9.17) is 11.6 Å². The van der Waals surface area contributed by atoms with Crippen LogP contribution in [-0.4, -0.2) is 23.4 Å². The Hall–Kier alpha value is -0.840. The molecule has 86 valence electrons. The SMILES string of the molecule is CNCCc1c(-c2ccc(Cl)s2)cnn1C. The highest BCUT2D eigenvalue weighted by atomic mass is 35.5. The van der Waals surface area contributed by atoms with Gasteiger partial charge in [-0.05, 0) is 19.2 Å². The fourth-order valence-corrected chi connectivity index (χ4v) is 2.74. The Morgan fingerprint density at radius 1 is 1.50 bits per heavy atom. The van der Waals surface area contributed by atoms with E-state index < -0.39 is 0 Å². The summed E-state index contributed by atoms with van der Waals surface area (Å²) in [5.41, 5.74) is 2.43. The van der Waals surface area contributed by atoms with E-state index in [9.17, 15) is 0 Å². The third-order valence-corrected chi connectivity index (χ3v) is 3.78. The van der Waals surface area contributed by atoms with Crippen LogP contribution in [0.5, 0.6) is 0 Å². The molecule has 0 bridgehead atoms. The molecule has 1 N–H and O–H groups in total. The lowest BCUT2D eigenvalue weighted by atomic mass is 10.1. The summed E-state index contributed by atoms with van der Waals surface area (Å²) in [6.07, 6.45) is 2.88. The molecule has 0 radical (unpaired) electrons. The molecule has 3 nitrogen and oxygen atoms in total. The molecule has 2 heterocycles. The van der Waals surface area contributed by atoms with Crippen molar-refractivity contribution >= 4 is 22.9 Å². The lowest BCUT2D eigenvalue weighted by Gasteiger charge is -2.04. The van der Waals surface area contributed by atoms with Gasteiger partial charge in [-0.2, -0.15) is 5.10 Å². The van der Waals surface area contributed by atoms with Crippen LogP contribution < -0.4 is 5.32 Å². The van der Waals surface area contributed by atoms with Crippen LogP contribution in [0.4, 0.5) is 0 Å². The van der Waals surface area contributed by atoms with E-state index in [1.165, 1.54) is 16.1 Å². The fourth-order valence-electron chi connectivity index (χ4n) is 1.67. The average molecular weight is 256 g/mol. The first-order valence-corrected chi connectivity index (χ1v) is 6.33. The van der Waals surface area contributed by atoms with Gasteiger partial charge in [-0.3, -0.25) is 4.68 Å². The minimum absolute atomic E-state index is 0.818. The number of aromatic nitrogens is 2. The number of halogens is 1. The predicted octanol–water partition coefficient (Wildman–Crippen LogP) is 2.56. The van der Waals surface area contributed by atoms with Crippen LogP contribution in [0.1, 0.15) is 5.69 Å². The van der Waals surface area contributed by atoms with Crippen LogP contribution >= 0.6 is 22.9 Å². The second kappa shape index (κ2) is 4.99. The highest BCUT2D eigenvalue weighted by Gasteiger charge is 2.11. The minimum atomic E-state index is 0.818. The van der Waals surface area contributed by atoms with E-state index in [0.29, 0.717) is 0 Å². The first-order chi connectivity index (χ1) is 7.72. The molecule has 0 saturated carbocycles. The van der Waals surface area contributed by atoms with E-state index in [-0.39, 0.29) is 0 Å². The van der Waals surface area contributed by atoms with Crippen LogP contribution in [0.25, 0.3) is 10.4 Å². The number of nitrogens with one attached hydrogen (secondary N) is 1. The minimum Gasteiger partial charge on any atom is -0.319 e. The van der Waals surface area contributed by atoms with Gasteiger partial charge in [0, 0.05) is 36.1 Å². The molecule has 16 heavy (non-hydrogen) atoms. The predicted molar refractivity (Wildman–Crippen MR) is 69.2 cm³/mol. The second-order valence-electron chi connectivity index (χ2n) is 3.59. The number of likely N-dealkylation sites (N-methyl/N-ethyl adjacent to an activating group) is 1. The third-order valence-electron chi connectivity index (χ3n) is 2.51. The average Bonchev–Trinajstić information content (AvgIpc) is 2.82. The molecule has 0 unspecified atom stereocenters. The normalized spacial score (nSPS) is 10.9. The molecule has 0 fully saturated rings. The van der Waals surface area contributed by atoms with E-state index in [1.807, 2.05) is 37.1 Å². The Morgan fingerprint density at radius 3 is 2.94 bits per heavy atom. The molecule has 5 heteroatoms. The summed E-state index contributed by atoms with van der Waals surface area (Å²) in [6, 6.07) is 3.98. The van der Waals surface area contributed by atoms with Gasteiger partial charge in [-0.25, -0.2) is 0 Å². The number of hydrogen-bond acceptors (Lipinski definition) is 3. The highest BCUT2D eigenvalue weighted by Crippen LogP contribution is 2.32. The maximum absolute atomic E-state index is 5.95. The molecule has 0 aliphatic rings. The summed E-state index contributed by atoms with van der Waals surface area (Å²) in [5, 5.41) is 7.46. The van der Waals surface area contributed by atoms with Gasteiger partial charge >= 0.3 is 0 Å². The summed E-state index contributed by atoms with van der Waals surface area (Å²) >= 11 is 7.55. The van der Waals surface area contributed by atoms with Crippen LogP contribution in [0.15, 0.2) is 18.3 Å². The molecule has 0 aromatic carbocycles. The van der Waals surface area contributed by atoms with Gasteiger partial charge in [0.25, 0.3) is 0 Å². The van der Waals surface area contributed by atoms with Crippen molar-refractivity contribution in [3.8, 4) is 10.4 Å². The lowest BCUT2D eigenvalue weighted by molar-refractivity contribution is 0.682. The van der Waals surface area contributed by atoms with Gasteiger partial charge in [0.15, 0.2) is 0 Å². The molecule has 2 aromatic heterocycles. The largest absolute Gasteiger partial charge is 0.319 e. The smallest absolute Gasteiger partial charge is 0.0934 e. The van der Waals surface area contributed by atoms with Crippen molar-refractivity contribution in [3.63, 3.8) is 0 Å². The number of thiophene rings is 1. The Kier molecular flexibility index (Phi) is 3.63. The van der Waals surface area contributed by atoms with Crippen molar-refractivity contribution in [2.24, 2.45) is 7.05 Å². The van der Waals surface area contributed by atoms with E-state index in [2.05, 4.69) is 10.4 Å². The molecule has 0 aliphatic carbocycles. The molecular weight excluding hydrogens is 242 g/mol. The van der Waals surface area contributed by atoms with Gasteiger partial charge in [0.05, 0.1) is 10.5 Å². The number of hydrogen-bond donors (Lipinski definition) is 1. The standard InChI is InChI=1S/C11H14ClN3S/c1-13-6-5-9-8(7-14-15(9)2)10-3-4-11(12)16-10/h3-4,7,13H,5-6H2,1-2H3. The van der Waals surface area contributed by atoms with Crippen molar-refractivity contribution in [1.82, 2.24) is 15.1 Å². The monoisotopic (exact) mass is 255 g/mol. The van der Waals surface area contributed by atoms with E-state index in [0.717, 1.165) is 17.3 Å². The van der Waals surface area contributed by atoms with Crippen LogP contribution in [0, 0.1) is 0 Å². The Balaban J connectivity index is 2.33. The molecule has 0 spiro atoms. The lowest BCUT2D eigenvalue weighted by Crippen LogP contribution is -2.13. The molecular formula is C11H14ClN3S. The quantitative estimate of drug-likeness (QED) is 0.910.